The Bertz CT molecular complexity index is 1320. The quantitative estimate of drug-likeness (QED) is 0.522. The van der Waals surface area contributed by atoms with Gasteiger partial charge in [0.25, 0.3) is 10.0 Å². The molecule has 3 aromatic carbocycles. The molecule has 0 spiro atoms. The Balaban J connectivity index is 1.45. The number of hydrogen-bond donors (Lipinski definition) is 1. The normalized spacial score (nSPS) is 15.7. The summed E-state index contributed by atoms with van der Waals surface area (Å²) in [5.41, 5.74) is 1.33. The number of hydrogen-bond acceptors (Lipinski definition) is 6. The van der Waals surface area contributed by atoms with Crippen LogP contribution in [0, 0.1) is 0 Å². The molecule has 1 aromatic heterocycles. The van der Waals surface area contributed by atoms with Crippen LogP contribution in [0.25, 0.3) is 21.0 Å². The van der Waals surface area contributed by atoms with Crippen molar-refractivity contribution in [3.8, 4) is 0 Å². The monoisotopic (exact) mass is 438 g/mol. The molecule has 30 heavy (non-hydrogen) atoms. The molecule has 0 unspecified atom stereocenters. The molecule has 1 fully saturated rings. The zero-order valence-electron chi connectivity index (χ0n) is 16.6. The molecule has 0 radical (unpaired) electrons. The number of benzene rings is 3. The van der Waals surface area contributed by atoms with Crippen molar-refractivity contribution in [2.45, 2.75) is 4.90 Å². The van der Waals surface area contributed by atoms with Crippen molar-refractivity contribution < 1.29 is 8.42 Å². The molecule has 4 aromatic rings. The van der Waals surface area contributed by atoms with Crippen molar-refractivity contribution in [2.75, 3.05) is 42.8 Å². The van der Waals surface area contributed by atoms with Crippen LogP contribution in [0.5, 0.6) is 0 Å². The summed E-state index contributed by atoms with van der Waals surface area (Å²) < 4.78 is 30.0. The van der Waals surface area contributed by atoms with Gasteiger partial charge in [0.2, 0.25) is 0 Å². The van der Waals surface area contributed by atoms with Gasteiger partial charge in [0.1, 0.15) is 0 Å². The summed E-state index contributed by atoms with van der Waals surface area (Å²) in [4.78, 5) is 9.65. The summed E-state index contributed by atoms with van der Waals surface area (Å²) >= 11 is 1.65. The fraction of sp³-hybridized carbons (Fsp3) is 0.227. The fourth-order valence-corrected chi connectivity index (χ4v) is 6.03. The summed E-state index contributed by atoms with van der Waals surface area (Å²) in [5, 5.41) is 2.60. The number of nitrogens with zero attached hydrogens (tertiary/aromatic N) is 3. The highest BCUT2D eigenvalue weighted by Crippen LogP contribution is 2.32. The zero-order valence-corrected chi connectivity index (χ0v) is 18.2. The van der Waals surface area contributed by atoms with Crippen molar-refractivity contribution in [1.29, 1.82) is 0 Å². The van der Waals surface area contributed by atoms with Crippen LogP contribution in [0.4, 0.5) is 10.8 Å². The average molecular weight is 439 g/mol. The van der Waals surface area contributed by atoms with Gasteiger partial charge in [-0.3, -0.25) is 4.72 Å². The van der Waals surface area contributed by atoms with E-state index in [4.69, 9.17) is 4.98 Å². The minimum atomic E-state index is -3.72. The van der Waals surface area contributed by atoms with Gasteiger partial charge in [0, 0.05) is 31.6 Å². The molecule has 0 bridgehead atoms. The van der Waals surface area contributed by atoms with Gasteiger partial charge in [0.15, 0.2) is 5.13 Å². The van der Waals surface area contributed by atoms with Gasteiger partial charge in [0.05, 0.1) is 20.8 Å². The van der Waals surface area contributed by atoms with Crippen molar-refractivity contribution in [3.05, 3.63) is 60.7 Å². The first-order valence-corrected chi connectivity index (χ1v) is 12.1. The molecule has 6 nitrogen and oxygen atoms in total. The predicted molar refractivity (Wildman–Crippen MR) is 124 cm³/mol. The maximum atomic E-state index is 13.1. The van der Waals surface area contributed by atoms with Gasteiger partial charge < -0.3 is 9.80 Å². The summed E-state index contributed by atoms with van der Waals surface area (Å²) in [5.74, 6) is 0. The number of rotatable bonds is 4. The molecule has 154 valence electrons. The molecule has 8 heteroatoms. The molecule has 1 N–H and O–H groups in total. The van der Waals surface area contributed by atoms with Crippen LogP contribution in [0.3, 0.4) is 0 Å². The number of nitrogens with one attached hydrogen (secondary N) is 1. The third-order valence-electron chi connectivity index (χ3n) is 5.44. The SMILES string of the molecule is CN1CCN(c2nc3cc(NS(=O)(=O)c4cccc5ccccc45)ccc3s2)CC1. The number of piperazine rings is 1. The van der Waals surface area contributed by atoms with E-state index < -0.39 is 10.0 Å². The minimum absolute atomic E-state index is 0.275. The lowest BCUT2D eigenvalue weighted by Crippen LogP contribution is -2.44. The Kier molecular flexibility index (Phi) is 4.85. The highest BCUT2D eigenvalue weighted by Gasteiger charge is 2.20. The molecule has 5 rings (SSSR count). The van der Waals surface area contributed by atoms with E-state index in [-0.39, 0.29) is 4.90 Å². The molecular formula is C22H22N4O2S2. The summed E-state index contributed by atoms with van der Waals surface area (Å²) in [6.07, 6.45) is 0. The Hall–Kier alpha value is -2.68. The number of aromatic nitrogens is 1. The van der Waals surface area contributed by atoms with Crippen LogP contribution in [0.15, 0.2) is 65.6 Å². The molecule has 0 aliphatic carbocycles. The molecule has 1 aliphatic rings. The Morgan fingerprint density at radius 3 is 2.57 bits per heavy atom. The van der Waals surface area contributed by atoms with E-state index in [0.29, 0.717) is 11.1 Å². The lowest BCUT2D eigenvalue weighted by atomic mass is 10.1. The second-order valence-corrected chi connectivity index (χ2v) is 10.2. The molecule has 1 aliphatic heterocycles. The van der Waals surface area contributed by atoms with E-state index in [0.717, 1.165) is 46.9 Å². The van der Waals surface area contributed by atoms with Crippen LogP contribution in [0.1, 0.15) is 0 Å². The Morgan fingerprint density at radius 1 is 0.967 bits per heavy atom. The summed E-state index contributed by atoms with van der Waals surface area (Å²) in [6, 6.07) is 18.4. The topological polar surface area (TPSA) is 65.5 Å². The third-order valence-corrected chi connectivity index (χ3v) is 7.98. The van der Waals surface area contributed by atoms with Crippen LogP contribution in [0.2, 0.25) is 0 Å². The van der Waals surface area contributed by atoms with Gasteiger partial charge >= 0.3 is 0 Å². The molecule has 2 heterocycles. The van der Waals surface area contributed by atoms with Gasteiger partial charge in [-0.05, 0) is 36.7 Å². The van der Waals surface area contributed by atoms with E-state index in [9.17, 15) is 8.42 Å². The number of fused-ring (bicyclic) bond motifs is 2. The zero-order chi connectivity index (χ0) is 20.7. The maximum absolute atomic E-state index is 13.1. The van der Waals surface area contributed by atoms with Crippen LogP contribution < -0.4 is 9.62 Å². The van der Waals surface area contributed by atoms with Crippen molar-refractivity contribution >= 4 is 53.2 Å². The molecule has 0 atom stereocenters. The van der Waals surface area contributed by atoms with E-state index in [1.807, 2.05) is 42.5 Å². The van der Waals surface area contributed by atoms with Gasteiger partial charge in [-0.25, -0.2) is 13.4 Å². The summed E-state index contributed by atoms with van der Waals surface area (Å²) in [6.45, 7) is 3.95. The highest BCUT2D eigenvalue weighted by atomic mass is 32.2. The van der Waals surface area contributed by atoms with E-state index in [1.54, 1.807) is 29.5 Å². The van der Waals surface area contributed by atoms with Crippen LogP contribution in [-0.4, -0.2) is 51.5 Å². The van der Waals surface area contributed by atoms with Crippen LogP contribution in [-0.2, 0) is 10.0 Å². The van der Waals surface area contributed by atoms with E-state index in [1.165, 1.54) is 0 Å². The molecule has 1 saturated heterocycles. The number of thiazole rings is 1. The smallest absolute Gasteiger partial charge is 0.262 e. The second kappa shape index (κ2) is 7.54. The largest absolute Gasteiger partial charge is 0.345 e. The van der Waals surface area contributed by atoms with Gasteiger partial charge in [-0.15, -0.1) is 0 Å². The Labute approximate surface area is 179 Å². The third kappa shape index (κ3) is 3.62. The van der Waals surface area contributed by atoms with Gasteiger partial charge in [-0.2, -0.15) is 0 Å². The first-order chi connectivity index (χ1) is 14.5. The van der Waals surface area contributed by atoms with E-state index in [2.05, 4.69) is 21.6 Å². The maximum Gasteiger partial charge on any atom is 0.262 e. The highest BCUT2D eigenvalue weighted by molar-refractivity contribution is 7.93. The van der Waals surface area contributed by atoms with Crippen molar-refractivity contribution in [3.63, 3.8) is 0 Å². The van der Waals surface area contributed by atoms with Crippen molar-refractivity contribution in [1.82, 2.24) is 9.88 Å². The number of sulfonamides is 1. The average Bonchev–Trinajstić information content (AvgIpc) is 3.17. The van der Waals surface area contributed by atoms with Crippen LogP contribution >= 0.6 is 11.3 Å². The number of likely N-dealkylation sites (N-methyl/N-ethyl adjacent to an activating group) is 1. The fourth-order valence-electron chi connectivity index (χ4n) is 3.75. The molecular weight excluding hydrogens is 416 g/mol. The first kappa shape index (κ1) is 19.3. The minimum Gasteiger partial charge on any atom is -0.345 e. The second-order valence-electron chi connectivity index (χ2n) is 7.55. The lowest BCUT2D eigenvalue weighted by molar-refractivity contribution is 0.313. The van der Waals surface area contributed by atoms with Crippen molar-refractivity contribution in [2.24, 2.45) is 0 Å². The lowest BCUT2D eigenvalue weighted by Gasteiger charge is -2.32. The standard InChI is InChI=1S/C22H22N4O2S2/c1-25-11-13-26(14-12-25)22-23-19-15-17(9-10-20(19)29-22)24-30(27,28)21-8-4-6-16-5-2-3-7-18(16)21/h2-10,15,24H,11-14H2,1H3. The first-order valence-electron chi connectivity index (χ1n) is 9.84. The predicted octanol–water partition coefficient (Wildman–Crippen LogP) is 4.00. The molecule has 0 amide bonds. The molecule has 0 saturated carbocycles. The Morgan fingerprint density at radius 2 is 1.73 bits per heavy atom. The van der Waals surface area contributed by atoms with E-state index >= 15 is 0 Å². The summed E-state index contributed by atoms with van der Waals surface area (Å²) in [7, 11) is -1.59. The number of anilines is 2. The van der Waals surface area contributed by atoms with Gasteiger partial charge in [-0.1, -0.05) is 47.7 Å².